The number of unbranched alkanes of at least 4 members (excludes halogenated alkanes) is 1. The van der Waals surface area contributed by atoms with Crippen LogP contribution in [0.3, 0.4) is 0 Å². The van der Waals surface area contributed by atoms with Crippen molar-refractivity contribution in [1.29, 1.82) is 0 Å². The first kappa shape index (κ1) is 25.1. The molecule has 1 aliphatic carbocycles. The maximum absolute atomic E-state index is 12.5. The van der Waals surface area contributed by atoms with Crippen LogP contribution in [0.4, 0.5) is 11.4 Å². The molecule has 0 aromatic heterocycles. The molecule has 1 aliphatic rings. The number of ether oxygens (including phenoxy) is 2. The van der Waals surface area contributed by atoms with Gasteiger partial charge in [0.1, 0.15) is 12.7 Å². The number of nitrogen functional groups attached to an aromatic ring is 2. The molecule has 34 heavy (non-hydrogen) atoms. The van der Waals surface area contributed by atoms with E-state index >= 15 is 0 Å². The minimum absolute atomic E-state index is 0.00666. The van der Waals surface area contributed by atoms with Crippen molar-refractivity contribution in [2.75, 3.05) is 11.5 Å². The van der Waals surface area contributed by atoms with E-state index in [9.17, 15) is 9.59 Å². The standard InChI is InChI=1S/C28H34N2O4/c1-2-3-4-5-20-8-13-26(14-9-20)34-28(32)23-11-6-21(7-12-23)10-15-27(31)33-19-22-16-24(29)18-25(30)17-22/h2,6-7,10-12,15-18,20,26H,1,3-5,8-9,13-14,19,29-30H2. The number of esters is 2. The second kappa shape index (κ2) is 12.6. The van der Waals surface area contributed by atoms with Gasteiger partial charge in [0, 0.05) is 17.5 Å². The number of allylic oxidation sites excluding steroid dienone is 1. The van der Waals surface area contributed by atoms with Crippen molar-refractivity contribution >= 4 is 29.4 Å². The minimum Gasteiger partial charge on any atom is -0.459 e. The average molecular weight is 463 g/mol. The lowest BCUT2D eigenvalue weighted by atomic mass is 9.84. The van der Waals surface area contributed by atoms with Crippen molar-refractivity contribution in [2.45, 2.75) is 57.7 Å². The summed E-state index contributed by atoms with van der Waals surface area (Å²) in [5.41, 5.74) is 14.5. The molecule has 1 fully saturated rings. The predicted molar refractivity (Wildman–Crippen MR) is 136 cm³/mol. The molecule has 4 N–H and O–H groups in total. The van der Waals surface area contributed by atoms with Gasteiger partial charge in [-0.1, -0.05) is 24.6 Å². The maximum atomic E-state index is 12.5. The summed E-state index contributed by atoms with van der Waals surface area (Å²) >= 11 is 0. The zero-order valence-electron chi connectivity index (χ0n) is 19.6. The molecular weight excluding hydrogens is 428 g/mol. The largest absolute Gasteiger partial charge is 0.459 e. The Balaban J connectivity index is 1.42. The van der Waals surface area contributed by atoms with Gasteiger partial charge in [-0.3, -0.25) is 0 Å². The molecule has 0 bridgehead atoms. The van der Waals surface area contributed by atoms with Gasteiger partial charge in [0.2, 0.25) is 0 Å². The Hall–Kier alpha value is -3.54. The van der Waals surface area contributed by atoms with E-state index in [0.717, 1.165) is 49.1 Å². The normalized spacial score (nSPS) is 17.9. The van der Waals surface area contributed by atoms with Gasteiger partial charge in [0.05, 0.1) is 5.56 Å². The third kappa shape index (κ3) is 8.10. The third-order valence-electron chi connectivity index (χ3n) is 6.06. The summed E-state index contributed by atoms with van der Waals surface area (Å²) in [6.45, 7) is 3.86. The van der Waals surface area contributed by atoms with Crippen LogP contribution >= 0.6 is 0 Å². The molecule has 1 saturated carbocycles. The first-order valence-electron chi connectivity index (χ1n) is 11.8. The molecule has 2 aromatic carbocycles. The number of hydrogen-bond acceptors (Lipinski definition) is 6. The molecule has 0 saturated heterocycles. The topological polar surface area (TPSA) is 105 Å². The van der Waals surface area contributed by atoms with E-state index in [1.807, 2.05) is 6.08 Å². The molecule has 0 atom stereocenters. The molecule has 0 radical (unpaired) electrons. The number of anilines is 2. The zero-order valence-corrected chi connectivity index (χ0v) is 19.6. The summed E-state index contributed by atoms with van der Waals surface area (Å²) in [6.07, 6.45) is 12.5. The molecule has 0 heterocycles. The van der Waals surface area contributed by atoms with Crippen LogP contribution in [0.5, 0.6) is 0 Å². The molecule has 0 aliphatic heterocycles. The van der Waals surface area contributed by atoms with Crippen molar-refractivity contribution in [3.05, 3.63) is 77.9 Å². The van der Waals surface area contributed by atoms with E-state index in [4.69, 9.17) is 20.9 Å². The van der Waals surface area contributed by atoms with Crippen LogP contribution in [-0.2, 0) is 20.9 Å². The van der Waals surface area contributed by atoms with Gasteiger partial charge in [0.25, 0.3) is 0 Å². The van der Waals surface area contributed by atoms with Crippen molar-refractivity contribution in [3.63, 3.8) is 0 Å². The van der Waals surface area contributed by atoms with Gasteiger partial charge >= 0.3 is 11.9 Å². The lowest BCUT2D eigenvalue weighted by Gasteiger charge is -2.28. The van der Waals surface area contributed by atoms with Crippen LogP contribution in [0, 0.1) is 5.92 Å². The van der Waals surface area contributed by atoms with E-state index < -0.39 is 5.97 Å². The SMILES string of the molecule is C=CCCCC1CCC(OC(=O)c2ccc(C=CC(=O)OCc3cc(N)cc(N)c3)cc2)CC1. The summed E-state index contributed by atoms with van der Waals surface area (Å²) in [5.74, 6) is -0.0485. The highest BCUT2D eigenvalue weighted by Crippen LogP contribution is 2.30. The van der Waals surface area contributed by atoms with Gasteiger partial charge < -0.3 is 20.9 Å². The highest BCUT2D eigenvalue weighted by molar-refractivity contribution is 5.90. The molecule has 2 aromatic rings. The van der Waals surface area contributed by atoms with E-state index in [-0.39, 0.29) is 18.7 Å². The fourth-order valence-electron chi connectivity index (χ4n) is 4.23. The number of hydrogen-bond donors (Lipinski definition) is 2. The summed E-state index contributed by atoms with van der Waals surface area (Å²) in [6, 6.07) is 12.0. The van der Waals surface area contributed by atoms with Crippen molar-refractivity contribution in [2.24, 2.45) is 5.92 Å². The summed E-state index contributed by atoms with van der Waals surface area (Å²) in [7, 11) is 0. The zero-order chi connectivity index (χ0) is 24.3. The van der Waals surface area contributed by atoms with Crippen LogP contribution in [0.2, 0.25) is 0 Å². The Bertz CT molecular complexity index is 985. The Morgan fingerprint density at radius 1 is 1.00 bits per heavy atom. The molecule has 0 unspecified atom stereocenters. The first-order chi connectivity index (χ1) is 16.4. The van der Waals surface area contributed by atoms with Crippen LogP contribution in [-0.4, -0.2) is 18.0 Å². The van der Waals surface area contributed by atoms with Crippen molar-refractivity contribution < 1.29 is 19.1 Å². The number of rotatable bonds is 10. The Morgan fingerprint density at radius 2 is 1.68 bits per heavy atom. The average Bonchev–Trinajstić information content (AvgIpc) is 2.82. The van der Waals surface area contributed by atoms with Crippen molar-refractivity contribution in [3.8, 4) is 0 Å². The molecule has 6 nitrogen and oxygen atoms in total. The number of carbonyl (C=O) groups excluding carboxylic acids is 2. The van der Waals surface area contributed by atoms with Crippen LogP contribution in [0.25, 0.3) is 6.08 Å². The molecule has 0 spiro atoms. The predicted octanol–water partition coefficient (Wildman–Crippen LogP) is 5.68. The molecule has 3 rings (SSSR count). The Morgan fingerprint density at radius 3 is 2.32 bits per heavy atom. The van der Waals surface area contributed by atoms with Gasteiger partial charge in [-0.2, -0.15) is 0 Å². The summed E-state index contributed by atoms with van der Waals surface area (Å²) in [4.78, 5) is 24.5. The van der Waals surface area contributed by atoms with E-state index in [1.54, 1.807) is 48.5 Å². The Labute approximate surface area is 201 Å². The van der Waals surface area contributed by atoms with Crippen LogP contribution in [0.1, 0.15) is 66.4 Å². The van der Waals surface area contributed by atoms with Crippen LogP contribution in [0.15, 0.2) is 61.2 Å². The second-order valence-corrected chi connectivity index (χ2v) is 8.84. The van der Waals surface area contributed by atoms with Gasteiger partial charge in [-0.05, 0) is 92.0 Å². The molecule has 0 amide bonds. The van der Waals surface area contributed by atoms with Gasteiger partial charge in [-0.15, -0.1) is 6.58 Å². The third-order valence-corrected chi connectivity index (χ3v) is 6.06. The minimum atomic E-state index is -0.482. The monoisotopic (exact) mass is 462 g/mol. The second-order valence-electron chi connectivity index (χ2n) is 8.84. The summed E-state index contributed by atoms with van der Waals surface area (Å²) in [5, 5.41) is 0. The fourth-order valence-corrected chi connectivity index (χ4v) is 4.23. The molecular formula is C28H34N2O4. The van der Waals surface area contributed by atoms with E-state index in [1.165, 1.54) is 18.9 Å². The van der Waals surface area contributed by atoms with Gasteiger partial charge in [-0.25, -0.2) is 9.59 Å². The Kier molecular flexibility index (Phi) is 9.32. The van der Waals surface area contributed by atoms with E-state index in [0.29, 0.717) is 16.9 Å². The fraction of sp³-hybridized carbons (Fsp3) is 0.357. The lowest BCUT2D eigenvalue weighted by Crippen LogP contribution is -2.24. The highest BCUT2D eigenvalue weighted by Gasteiger charge is 2.24. The van der Waals surface area contributed by atoms with E-state index in [2.05, 4.69) is 6.58 Å². The number of carbonyl (C=O) groups is 2. The van der Waals surface area contributed by atoms with Crippen molar-refractivity contribution in [1.82, 2.24) is 0 Å². The number of benzene rings is 2. The van der Waals surface area contributed by atoms with Crippen LogP contribution < -0.4 is 11.5 Å². The summed E-state index contributed by atoms with van der Waals surface area (Å²) < 4.78 is 10.9. The maximum Gasteiger partial charge on any atom is 0.338 e. The van der Waals surface area contributed by atoms with Gasteiger partial charge in [0.15, 0.2) is 0 Å². The quantitative estimate of drug-likeness (QED) is 0.155. The molecule has 6 heteroatoms. The first-order valence-corrected chi connectivity index (χ1v) is 11.8. The molecule has 180 valence electrons. The highest BCUT2D eigenvalue weighted by atomic mass is 16.5. The lowest BCUT2D eigenvalue weighted by molar-refractivity contribution is -0.138. The smallest absolute Gasteiger partial charge is 0.338 e. The number of nitrogens with two attached hydrogens (primary N) is 2.